The van der Waals surface area contributed by atoms with Crippen molar-refractivity contribution in [1.82, 2.24) is 0 Å². The van der Waals surface area contributed by atoms with Gasteiger partial charge in [-0.2, -0.15) is 0 Å². The molecule has 3 nitrogen and oxygen atoms in total. The summed E-state index contributed by atoms with van der Waals surface area (Å²) in [7, 11) is 0. The number of anilines is 1. The lowest BCUT2D eigenvalue weighted by Gasteiger charge is -2.17. The number of nitrogens with one attached hydrogen (secondary N) is 1. The second kappa shape index (κ2) is 10.6. The van der Waals surface area contributed by atoms with Crippen LogP contribution in [0.4, 0.5) is 5.69 Å². The first-order valence-electron chi connectivity index (χ1n) is 10.3. The molecule has 4 aromatic rings. The van der Waals surface area contributed by atoms with Gasteiger partial charge in [0.1, 0.15) is 6.61 Å². The van der Waals surface area contributed by atoms with Gasteiger partial charge in [-0.3, -0.25) is 0 Å². The summed E-state index contributed by atoms with van der Waals surface area (Å²) in [5, 5.41) is 6.46. The Morgan fingerprint density at radius 1 is 0.875 bits per heavy atom. The standard InChI is InChI=1S/C26H22Br2ClNO2/c1-2-31-25-13-17(15-30-20-10-11-22(27)24(29)14-20)12-23(28)26(25)32-16-19-8-5-7-18-6-3-4-9-21(18)19/h3-14,30H,2,15-16H2,1H3. The average molecular weight is 576 g/mol. The highest BCUT2D eigenvalue weighted by Gasteiger charge is 2.14. The van der Waals surface area contributed by atoms with Gasteiger partial charge < -0.3 is 14.8 Å². The maximum atomic E-state index is 6.25. The van der Waals surface area contributed by atoms with Crippen LogP contribution in [-0.4, -0.2) is 6.61 Å². The number of rotatable bonds is 8. The Hall–Kier alpha value is -2.21. The van der Waals surface area contributed by atoms with E-state index in [4.69, 9.17) is 21.1 Å². The van der Waals surface area contributed by atoms with Crippen molar-refractivity contribution in [3.05, 3.63) is 97.9 Å². The summed E-state index contributed by atoms with van der Waals surface area (Å²) in [4.78, 5) is 0. The largest absolute Gasteiger partial charge is 0.490 e. The smallest absolute Gasteiger partial charge is 0.175 e. The minimum absolute atomic E-state index is 0.453. The molecule has 4 aromatic carbocycles. The Morgan fingerprint density at radius 2 is 1.69 bits per heavy atom. The predicted octanol–water partition coefficient (Wildman–Crippen LogP) is 8.61. The van der Waals surface area contributed by atoms with Crippen LogP contribution in [-0.2, 0) is 13.2 Å². The molecule has 0 saturated carbocycles. The molecule has 0 fully saturated rings. The normalized spacial score (nSPS) is 10.9. The van der Waals surface area contributed by atoms with Gasteiger partial charge in [0.2, 0.25) is 0 Å². The molecule has 0 bridgehead atoms. The van der Waals surface area contributed by atoms with Crippen LogP contribution >= 0.6 is 43.5 Å². The molecule has 0 aliphatic heterocycles. The fourth-order valence-corrected chi connectivity index (χ4v) is 4.54. The van der Waals surface area contributed by atoms with E-state index in [1.54, 1.807) is 0 Å². The molecular weight excluding hydrogens is 554 g/mol. The molecule has 1 N–H and O–H groups in total. The van der Waals surface area contributed by atoms with Crippen molar-refractivity contribution in [2.75, 3.05) is 11.9 Å². The number of hydrogen-bond acceptors (Lipinski definition) is 3. The summed E-state index contributed by atoms with van der Waals surface area (Å²) in [6.45, 7) is 3.60. The molecule has 0 atom stereocenters. The second-order valence-corrected chi connectivity index (χ2v) is 9.36. The summed E-state index contributed by atoms with van der Waals surface area (Å²) in [5.74, 6) is 1.42. The van der Waals surface area contributed by atoms with E-state index in [0.717, 1.165) is 25.8 Å². The molecule has 32 heavy (non-hydrogen) atoms. The van der Waals surface area contributed by atoms with Crippen molar-refractivity contribution >= 4 is 59.9 Å². The zero-order valence-electron chi connectivity index (χ0n) is 17.5. The van der Waals surface area contributed by atoms with Crippen LogP contribution in [0.5, 0.6) is 11.5 Å². The molecular formula is C26H22Br2ClNO2. The summed E-state index contributed by atoms with van der Waals surface area (Å²) in [6.07, 6.45) is 0. The van der Waals surface area contributed by atoms with E-state index in [9.17, 15) is 0 Å². The highest BCUT2D eigenvalue weighted by atomic mass is 79.9. The fourth-order valence-electron chi connectivity index (χ4n) is 3.50. The SMILES string of the molecule is CCOc1cc(CNc2ccc(Br)c(Cl)c2)cc(Br)c1OCc1cccc2ccccc12. The highest BCUT2D eigenvalue weighted by Crippen LogP contribution is 2.38. The third-order valence-corrected chi connectivity index (χ3v) is 6.86. The summed E-state index contributed by atoms with van der Waals surface area (Å²) in [5.41, 5.74) is 3.15. The molecule has 0 aliphatic carbocycles. The Morgan fingerprint density at radius 3 is 2.50 bits per heavy atom. The molecule has 0 unspecified atom stereocenters. The minimum atomic E-state index is 0.453. The van der Waals surface area contributed by atoms with Crippen molar-refractivity contribution < 1.29 is 9.47 Å². The third-order valence-electron chi connectivity index (χ3n) is 5.04. The van der Waals surface area contributed by atoms with Gasteiger partial charge in [0, 0.05) is 16.7 Å². The Balaban J connectivity index is 1.53. The summed E-state index contributed by atoms with van der Waals surface area (Å²) >= 11 is 13.3. The number of benzene rings is 4. The van der Waals surface area contributed by atoms with Gasteiger partial charge in [0.15, 0.2) is 11.5 Å². The molecule has 6 heteroatoms. The van der Waals surface area contributed by atoms with Gasteiger partial charge in [-0.05, 0) is 91.0 Å². The zero-order chi connectivity index (χ0) is 22.5. The quantitative estimate of drug-likeness (QED) is 0.228. The third kappa shape index (κ3) is 5.40. The minimum Gasteiger partial charge on any atom is -0.490 e. The first kappa shape index (κ1) is 23.0. The average Bonchev–Trinajstić information content (AvgIpc) is 2.79. The maximum Gasteiger partial charge on any atom is 0.175 e. The molecule has 164 valence electrons. The van der Waals surface area contributed by atoms with Gasteiger partial charge in [0.25, 0.3) is 0 Å². The van der Waals surface area contributed by atoms with Crippen LogP contribution in [0.15, 0.2) is 81.7 Å². The fraction of sp³-hybridized carbons (Fsp3) is 0.154. The van der Waals surface area contributed by atoms with E-state index in [1.165, 1.54) is 10.8 Å². The lowest BCUT2D eigenvalue weighted by Crippen LogP contribution is -2.04. The van der Waals surface area contributed by atoms with E-state index in [0.29, 0.717) is 36.3 Å². The Labute approximate surface area is 210 Å². The van der Waals surface area contributed by atoms with Gasteiger partial charge in [-0.25, -0.2) is 0 Å². The Kier molecular flexibility index (Phi) is 7.61. The van der Waals surface area contributed by atoms with Crippen molar-refractivity contribution in [1.29, 1.82) is 0 Å². The zero-order valence-corrected chi connectivity index (χ0v) is 21.4. The number of halogens is 3. The maximum absolute atomic E-state index is 6.25. The van der Waals surface area contributed by atoms with Crippen molar-refractivity contribution in [3.8, 4) is 11.5 Å². The van der Waals surface area contributed by atoms with Crippen molar-refractivity contribution in [2.45, 2.75) is 20.1 Å². The molecule has 0 amide bonds. The highest BCUT2D eigenvalue weighted by molar-refractivity contribution is 9.10. The number of fused-ring (bicyclic) bond motifs is 1. The summed E-state index contributed by atoms with van der Waals surface area (Å²) in [6, 6.07) is 24.5. The van der Waals surface area contributed by atoms with Crippen LogP contribution in [0.3, 0.4) is 0 Å². The van der Waals surface area contributed by atoms with Crippen LogP contribution in [0, 0.1) is 0 Å². The van der Waals surface area contributed by atoms with Crippen molar-refractivity contribution in [2.24, 2.45) is 0 Å². The van der Waals surface area contributed by atoms with Crippen LogP contribution in [0.1, 0.15) is 18.1 Å². The molecule has 0 spiro atoms. The van der Waals surface area contributed by atoms with E-state index in [1.807, 2.05) is 43.3 Å². The molecule has 0 heterocycles. The molecule has 4 rings (SSSR count). The predicted molar refractivity (Wildman–Crippen MR) is 140 cm³/mol. The lowest BCUT2D eigenvalue weighted by atomic mass is 10.1. The Bertz CT molecular complexity index is 1240. The lowest BCUT2D eigenvalue weighted by molar-refractivity contribution is 0.268. The monoisotopic (exact) mass is 573 g/mol. The molecule has 0 aliphatic rings. The molecule has 0 saturated heterocycles. The van der Waals surface area contributed by atoms with Gasteiger partial charge >= 0.3 is 0 Å². The first-order valence-corrected chi connectivity index (χ1v) is 12.2. The van der Waals surface area contributed by atoms with E-state index in [2.05, 4.69) is 73.6 Å². The van der Waals surface area contributed by atoms with E-state index in [-0.39, 0.29) is 0 Å². The van der Waals surface area contributed by atoms with Crippen LogP contribution in [0.2, 0.25) is 5.02 Å². The van der Waals surface area contributed by atoms with Crippen molar-refractivity contribution in [3.63, 3.8) is 0 Å². The van der Waals surface area contributed by atoms with E-state index >= 15 is 0 Å². The molecule has 0 aromatic heterocycles. The number of ether oxygens (including phenoxy) is 2. The van der Waals surface area contributed by atoms with Gasteiger partial charge in [-0.1, -0.05) is 54.1 Å². The first-order chi connectivity index (χ1) is 15.5. The topological polar surface area (TPSA) is 30.5 Å². The van der Waals surface area contributed by atoms with Gasteiger partial charge in [-0.15, -0.1) is 0 Å². The van der Waals surface area contributed by atoms with Gasteiger partial charge in [0.05, 0.1) is 16.1 Å². The van der Waals surface area contributed by atoms with Crippen LogP contribution in [0.25, 0.3) is 10.8 Å². The number of hydrogen-bond donors (Lipinski definition) is 1. The van der Waals surface area contributed by atoms with E-state index < -0.39 is 0 Å². The van der Waals surface area contributed by atoms with Crippen LogP contribution < -0.4 is 14.8 Å². The molecule has 0 radical (unpaired) electrons. The second-order valence-electron chi connectivity index (χ2n) is 7.25. The summed E-state index contributed by atoms with van der Waals surface area (Å²) < 4.78 is 13.9.